The van der Waals surface area contributed by atoms with E-state index in [9.17, 15) is 14.4 Å². The van der Waals surface area contributed by atoms with Gasteiger partial charge in [-0.25, -0.2) is 4.79 Å². The quantitative estimate of drug-likeness (QED) is 0.235. The highest BCUT2D eigenvalue weighted by Gasteiger charge is 2.37. The fraction of sp³-hybridized carbons (Fsp3) is 0.323. The first-order chi connectivity index (χ1) is 18.4. The van der Waals surface area contributed by atoms with Crippen molar-refractivity contribution in [3.05, 3.63) is 88.5 Å². The molecule has 1 atom stereocenters. The van der Waals surface area contributed by atoms with E-state index in [0.29, 0.717) is 24.3 Å². The number of likely N-dealkylation sites (tertiary alicyclic amines) is 1. The number of unbranched alkanes of at least 4 members (excludes halogenated alkanes) is 2. The zero-order chi connectivity index (χ0) is 26.8. The van der Waals surface area contributed by atoms with Crippen LogP contribution in [0.3, 0.4) is 0 Å². The van der Waals surface area contributed by atoms with Gasteiger partial charge in [0.25, 0.3) is 5.91 Å². The van der Waals surface area contributed by atoms with E-state index in [1.807, 2.05) is 30.3 Å². The van der Waals surface area contributed by atoms with Crippen molar-refractivity contribution in [2.75, 3.05) is 11.9 Å². The fourth-order valence-electron chi connectivity index (χ4n) is 5.39. The first kappa shape index (κ1) is 25.5. The minimum atomic E-state index is -0.758. The average Bonchev–Trinajstić information content (AvgIpc) is 3.46. The van der Waals surface area contributed by atoms with Gasteiger partial charge in [-0.2, -0.15) is 0 Å². The lowest BCUT2D eigenvalue weighted by Crippen LogP contribution is -2.44. The predicted octanol–water partition coefficient (Wildman–Crippen LogP) is 5.91. The van der Waals surface area contributed by atoms with Gasteiger partial charge in [-0.05, 0) is 56.2 Å². The number of carbonyl (C=O) groups is 2. The third-order valence-corrected chi connectivity index (χ3v) is 7.31. The molecule has 1 aliphatic heterocycles. The summed E-state index contributed by atoms with van der Waals surface area (Å²) in [7, 11) is 0. The molecule has 7 nitrogen and oxygen atoms in total. The molecule has 196 valence electrons. The minimum Gasteiger partial charge on any atom is -0.427 e. The Bertz CT molecular complexity index is 1600. The van der Waals surface area contributed by atoms with Crippen molar-refractivity contribution in [2.24, 2.45) is 0 Å². The summed E-state index contributed by atoms with van der Waals surface area (Å²) < 4.78 is 7.66. The second kappa shape index (κ2) is 10.7. The van der Waals surface area contributed by atoms with Crippen molar-refractivity contribution < 1.29 is 14.0 Å². The van der Waals surface area contributed by atoms with Crippen LogP contribution in [-0.2, 0) is 17.8 Å². The van der Waals surface area contributed by atoms with Crippen molar-refractivity contribution in [3.8, 4) is 0 Å². The molecule has 38 heavy (non-hydrogen) atoms. The molecule has 2 aromatic carbocycles. The number of aryl methyl sites for hydroxylation is 2. The number of hydrogen-bond donors (Lipinski definition) is 1. The van der Waals surface area contributed by atoms with E-state index in [1.54, 1.807) is 6.07 Å². The number of rotatable bonds is 8. The Morgan fingerprint density at radius 2 is 1.82 bits per heavy atom. The van der Waals surface area contributed by atoms with Gasteiger partial charge in [-0.15, -0.1) is 0 Å². The van der Waals surface area contributed by atoms with Gasteiger partial charge < -0.3 is 19.2 Å². The molecule has 2 aromatic heterocycles. The number of para-hydroxylation sites is 1. The SMILES string of the molecule is C=C1C[C@@H](C(=O)Nc2ccc3c(c2)c2ccccc2n3CC)N(C(=O)c2ccc(CCCCC)oc2=O)C1. The topological polar surface area (TPSA) is 84.6 Å². The van der Waals surface area contributed by atoms with Gasteiger partial charge in [0.15, 0.2) is 0 Å². The van der Waals surface area contributed by atoms with Crippen LogP contribution < -0.4 is 10.9 Å². The molecule has 0 radical (unpaired) electrons. The third-order valence-electron chi connectivity index (χ3n) is 7.31. The lowest BCUT2D eigenvalue weighted by Gasteiger charge is -2.23. The lowest BCUT2D eigenvalue weighted by molar-refractivity contribution is -0.119. The Kier molecular flexibility index (Phi) is 7.18. The maximum Gasteiger partial charge on any atom is 0.348 e. The fourth-order valence-corrected chi connectivity index (χ4v) is 5.39. The summed E-state index contributed by atoms with van der Waals surface area (Å²) in [5, 5.41) is 5.17. The molecule has 0 spiro atoms. The standard InChI is InChI=1S/C31H33N3O4/c1-4-6-7-10-22-14-15-24(31(37)38-22)30(36)34-19-20(3)17-28(34)29(35)32-21-13-16-27-25(18-21)23-11-8-9-12-26(23)33(27)5-2/h8-9,11-16,18,28H,3-7,10,17,19H2,1-2H3,(H,32,35)/t28-/m0/s1. The van der Waals surface area contributed by atoms with Gasteiger partial charge in [0.05, 0.1) is 0 Å². The molecule has 1 aliphatic rings. The van der Waals surface area contributed by atoms with Crippen molar-refractivity contribution in [2.45, 2.75) is 58.5 Å². The van der Waals surface area contributed by atoms with Gasteiger partial charge in [-0.3, -0.25) is 9.59 Å². The summed E-state index contributed by atoms with van der Waals surface area (Å²) in [5.41, 5.74) is 2.93. The normalized spacial score (nSPS) is 15.5. The molecule has 0 bridgehead atoms. The maximum atomic E-state index is 13.4. The summed E-state index contributed by atoms with van der Waals surface area (Å²) in [6, 6.07) is 16.5. The molecule has 0 unspecified atom stereocenters. The van der Waals surface area contributed by atoms with E-state index < -0.39 is 17.6 Å². The van der Waals surface area contributed by atoms with E-state index in [1.165, 1.54) is 11.0 Å². The summed E-state index contributed by atoms with van der Waals surface area (Å²) in [6.07, 6.45) is 4.04. The van der Waals surface area contributed by atoms with E-state index in [4.69, 9.17) is 4.42 Å². The summed E-state index contributed by atoms with van der Waals surface area (Å²) in [4.78, 5) is 40.8. The van der Waals surface area contributed by atoms with E-state index in [2.05, 4.69) is 42.4 Å². The number of amides is 2. The predicted molar refractivity (Wildman–Crippen MR) is 151 cm³/mol. The number of nitrogens with one attached hydrogen (secondary N) is 1. The molecule has 3 heterocycles. The molecule has 2 amide bonds. The first-order valence-electron chi connectivity index (χ1n) is 13.3. The Balaban J connectivity index is 1.37. The van der Waals surface area contributed by atoms with Crippen LogP contribution in [0.5, 0.6) is 0 Å². The summed E-state index contributed by atoms with van der Waals surface area (Å²) in [6.45, 7) is 9.29. The maximum absolute atomic E-state index is 13.4. The van der Waals surface area contributed by atoms with Crippen molar-refractivity contribution >= 4 is 39.3 Å². The Labute approximate surface area is 221 Å². The molecular formula is C31H33N3O4. The van der Waals surface area contributed by atoms with Crippen LogP contribution in [0, 0.1) is 0 Å². The molecule has 5 rings (SSSR count). The Hall–Kier alpha value is -4.13. The van der Waals surface area contributed by atoms with Crippen LogP contribution >= 0.6 is 0 Å². The van der Waals surface area contributed by atoms with Crippen LogP contribution in [-0.4, -0.2) is 33.9 Å². The van der Waals surface area contributed by atoms with Crippen molar-refractivity contribution in [3.63, 3.8) is 0 Å². The number of hydrogen-bond acceptors (Lipinski definition) is 4. The van der Waals surface area contributed by atoms with Gasteiger partial charge >= 0.3 is 5.63 Å². The first-order valence-corrected chi connectivity index (χ1v) is 13.3. The largest absolute Gasteiger partial charge is 0.427 e. The highest BCUT2D eigenvalue weighted by atomic mass is 16.4. The third kappa shape index (κ3) is 4.76. The summed E-state index contributed by atoms with van der Waals surface area (Å²) >= 11 is 0. The van der Waals surface area contributed by atoms with Crippen LogP contribution in [0.25, 0.3) is 21.8 Å². The number of aromatic nitrogens is 1. The Morgan fingerprint density at radius 1 is 1.03 bits per heavy atom. The number of nitrogens with zero attached hydrogens (tertiary/aromatic N) is 2. The molecule has 4 aromatic rings. The van der Waals surface area contributed by atoms with Gasteiger partial charge in [0, 0.05) is 47.0 Å². The molecule has 1 N–H and O–H groups in total. The summed E-state index contributed by atoms with van der Waals surface area (Å²) in [5.74, 6) is -0.254. The monoisotopic (exact) mass is 511 g/mol. The molecule has 1 fully saturated rings. The van der Waals surface area contributed by atoms with Gasteiger partial charge in [-0.1, -0.05) is 50.1 Å². The Morgan fingerprint density at radius 3 is 2.58 bits per heavy atom. The van der Waals surface area contributed by atoms with Gasteiger partial charge in [0.1, 0.15) is 17.4 Å². The van der Waals surface area contributed by atoms with Crippen LogP contribution in [0.1, 0.15) is 55.6 Å². The highest BCUT2D eigenvalue weighted by Crippen LogP contribution is 2.31. The van der Waals surface area contributed by atoms with Crippen LogP contribution in [0.15, 0.2) is 76.0 Å². The second-order valence-corrected chi connectivity index (χ2v) is 9.95. The molecular weight excluding hydrogens is 478 g/mol. The van der Waals surface area contributed by atoms with Crippen molar-refractivity contribution in [1.29, 1.82) is 0 Å². The lowest BCUT2D eigenvalue weighted by atomic mass is 10.1. The van der Waals surface area contributed by atoms with Gasteiger partial charge in [0.2, 0.25) is 5.91 Å². The van der Waals surface area contributed by atoms with E-state index in [0.717, 1.165) is 53.2 Å². The minimum absolute atomic E-state index is 0.0643. The molecule has 7 heteroatoms. The molecule has 0 saturated carbocycles. The zero-order valence-electron chi connectivity index (χ0n) is 22.0. The molecule has 1 saturated heterocycles. The number of carbonyl (C=O) groups excluding carboxylic acids is 2. The number of anilines is 1. The highest BCUT2D eigenvalue weighted by molar-refractivity contribution is 6.10. The number of fused-ring (bicyclic) bond motifs is 3. The number of benzene rings is 2. The van der Waals surface area contributed by atoms with Crippen LogP contribution in [0.4, 0.5) is 5.69 Å². The molecule has 0 aliphatic carbocycles. The second-order valence-electron chi connectivity index (χ2n) is 9.95. The van der Waals surface area contributed by atoms with E-state index >= 15 is 0 Å². The smallest absolute Gasteiger partial charge is 0.348 e. The van der Waals surface area contributed by atoms with E-state index in [-0.39, 0.29) is 18.0 Å². The average molecular weight is 512 g/mol. The zero-order valence-corrected chi connectivity index (χ0v) is 22.0. The van der Waals surface area contributed by atoms with Crippen molar-refractivity contribution in [1.82, 2.24) is 9.47 Å². The van der Waals surface area contributed by atoms with Crippen LogP contribution in [0.2, 0.25) is 0 Å².